The van der Waals surface area contributed by atoms with Crippen LogP contribution in [0.25, 0.3) is 10.2 Å². The Bertz CT molecular complexity index is 563. The van der Waals surface area contributed by atoms with E-state index in [1.54, 1.807) is 11.3 Å². The number of aromatic nitrogens is 1. The van der Waals surface area contributed by atoms with E-state index in [9.17, 15) is 4.79 Å². The molecule has 1 unspecified atom stereocenters. The molecule has 4 nitrogen and oxygen atoms in total. The molecular weight excluding hydrogens is 260 g/mol. The number of thiazole rings is 1. The van der Waals surface area contributed by atoms with E-state index >= 15 is 0 Å². The molecule has 100 valence electrons. The van der Waals surface area contributed by atoms with E-state index < -0.39 is 0 Å². The van der Waals surface area contributed by atoms with Gasteiger partial charge < -0.3 is 10.0 Å². The number of amides is 1. The Kier molecular flexibility index (Phi) is 3.48. The summed E-state index contributed by atoms with van der Waals surface area (Å²) in [5.74, 6) is 0.267. The van der Waals surface area contributed by atoms with Crippen LogP contribution in [0.1, 0.15) is 11.4 Å². The van der Waals surface area contributed by atoms with E-state index in [1.165, 1.54) is 4.70 Å². The topological polar surface area (TPSA) is 53.4 Å². The van der Waals surface area contributed by atoms with Crippen LogP contribution in [0.3, 0.4) is 0 Å². The zero-order valence-corrected chi connectivity index (χ0v) is 11.4. The van der Waals surface area contributed by atoms with E-state index in [4.69, 9.17) is 5.11 Å². The van der Waals surface area contributed by atoms with Gasteiger partial charge in [-0.3, -0.25) is 4.79 Å². The molecular formula is C14H16N2O2S. The van der Waals surface area contributed by atoms with Crippen LogP contribution in [-0.4, -0.2) is 40.6 Å². The lowest BCUT2D eigenvalue weighted by Gasteiger charge is -2.14. The van der Waals surface area contributed by atoms with Crippen molar-refractivity contribution in [1.82, 2.24) is 9.88 Å². The zero-order chi connectivity index (χ0) is 13.2. The van der Waals surface area contributed by atoms with Crippen molar-refractivity contribution >= 4 is 27.5 Å². The van der Waals surface area contributed by atoms with Crippen LogP contribution < -0.4 is 0 Å². The normalized spacial score (nSPS) is 19.5. The van der Waals surface area contributed by atoms with E-state index in [0.717, 1.165) is 16.9 Å². The van der Waals surface area contributed by atoms with Gasteiger partial charge in [0.2, 0.25) is 5.91 Å². The monoisotopic (exact) mass is 276 g/mol. The minimum atomic E-state index is 0.101. The van der Waals surface area contributed by atoms with Gasteiger partial charge in [-0.2, -0.15) is 0 Å². The Morgan fingerprint density at radius 1 is 1.42 bits per heavy atom. The number of carbonyl (C=O) groups excluding carboxylic acids is 1. The maximum absolute atomic E-state index is 11.7. The molecule has 1 saturated heterocycles. The molecule has 1 amide bonds. The molecule has 1 fully saturated rings. The highest BCUT2D eigenvalue weighted by molar-refractivity contribution is 7.18. The van der Waals surface area contributed by atoms with Crippen molar-refractivity contribution in [2.24, 2.45) is 5.92 Å². The molecule has 0 bridgehead atoms. The zero-order valence-electron chi connectivity index (χ0n) is 10.6. The molecule has 0 spiro atoms. The van der Waals surface area contributed by atoms with Crippen LogP contribution >= 0.6 is 11.3 Å². The molecule has 3 rings (SSSR count). The molecule has 1 aliphatic heterocycles. The number of carbonyl (C=O) groups is 1. The van der Waals surface area contributed by atoms with Crippen molar-refractivity contribution in [3.63, 3.8) is 0 Å². The molecule has 1 aliphatic rings. The van der Waals surface area contributed by atoms with Crippen molar-refractivity contribution in [3.05, 3.63) is 29.3 Å². The number of fused-ring (bicyclic) bond motifs is 1. The summed E-state index contributed by atoms with van der Waals surface area (Å²) in [5.41, 5.74) is 1.03. The highest BCUT2D eigenvalue weighted by Crippen LogP contribution is 2.23. The number of para-hydroxylation sites is 1. The molecule has 1 atom stereocenters. The first-order valence-corrected chi connectivity index (χ1v) is 7.31. The summed E-state index contributed by atoms with van der Waals surface area (Å²) in [6, 6.07) is 8.08. The lowest BCUT2D eigenvalue weighted by Crippen LogP contribution is -2.27. The lowest BCUT2D eigenvalue weighted by molar-refractivity contribution is -0.127. The van der Waals surface area contributed by atoms with Gasteiger partial charge in [-0.1, -0.05) is 12.1 Å². The van der Waals surface area contributed by atoms with Crippen LogP contribution in [0, 0.1) is 5.92 Å². The Morgan fingerprint density at radius 2 is 2.26 bits per heavy atom. The second kappa shape index (κ2) is 5.27. The summed E-state index contributed by atoms with van der Waals surface area (Å²) in [5, 5.41) is 10.2. The minimum absolute atomic E-state index is 0.101. The van der Waals surface area contributed by atoms with Crippen molar-refractivity contribution in [3.8, 4) is 0 Å². The van der Waals surface area contributed by atoms with Gasteiger partial charge in [0.25, 0.3) is 0 Å². The van der Waals surface area contributed by atoms with Gasteiger partial charge in [0.1, 0.15) is 0 Å². The summed E-state index contributed by atoms with van der Waals surface area (Å²) in [6.07, 6.45) is 1.28. The number of nitrogens with zero attached hydrogens (tertiary/aromatic N) is 2. The number of aliphatic hydroxyl groups is 1. The first-order chi connectivity index (χ1) is 9.26. The fraction of sp³-hybridized carbons (Fsp3) is 0.429. The van der Waals surface area contributed by atoms with Crippen LogP contribution in [-0.2, 0) is 11.2 Å². The van der Waals surface area contributed by atoms with E-state index in [2.05, 4.69) is 11.1 Å². The average molecular weight is 276 g/mol. The molecule has 0 saturated carbocycles. The predicted octanol–water partition coefficient (Wildman–Crippen LogP) is 1.68. The van der Waals surface area contributed by atoms with Crippen molar-refractivity contribution < 1.29 is 9.90 Å². The SMILES string of the molecule is O=C1CC(CO)CN1CCc1nc2ccccc2s1. The molecule has 2 aromatic rings. The van der Waals surface area contributed by atoms with Crippen molar-refractivity contribution in [2.45, 2.75) is 12.8 Å². The number of rotatable bonds is 4. The molecule has 1 aromatic carbocycles. The molecule has 0 aliphatic carbocycles. The highest BCUT2D eigenvalue weighted by Gasteiger charge is 2.28. The quantitative estimate of drug-likeness (QED) is 0.924. The minimum Gasteiger partial charge on any atom is -0.396 e. The summed E-state index contributed by atoms with van der Waals surface area (Å²) < 4.78 is 1.19. The average Bonchev–Trinajstić information content (AvgIpc) is 2.99. The standard InChI is InChI=1S/C14H16N2O2S/c17-9-10-7-14(18)16(8-10)6-5-13-15-11-3-1-2-4-12(11)19-13/h1-4,10,17H,5-9H2. The Hall–Kier alpha value is -1.46. The van der Waals surface area contributed by atoms with Gasteiger partial charge in [-0.15, -0.1) is 11.3 Å². The molecule has 19 heavy (non-hydrogen) atoms. The number of aliphatic hydroxyl groups excluding tert-OH is 1. The fourth-order valence-electron chi connectivity index (χ4n) is 2.45. The van der Waals surface area contributed by atoms with Crippen LogP contribution in [0.2, 0.25) is 0 Å². The smallest absolute Gasteiger partial charge is 0.223 e. The summed E-state index contributed by atoms with van der Waals surface area (Å²) in [4.78, 5) is 18.1. The Balaban J connectivity index is 1.64. The predicted molar refractivity (Wildman–Crippen MR) is 75.1 cm³/mol. The maximum atomic E-state index is 11.7. The molecule has 0 radical (unpaired) electrons. The molecule has 5 heteroatoms. The fourth-order valence-corrected chi connectivity index (χ4v) is 3.41. The second-order valence-corrected chi connectivity index (χ2v) is 6.03. The van der Waals surface area contributed by atoms with E-state index in [-0.39, 0.29) is 18.4 Å². The maximum Gasteiger partial charge on any atom is 0.223 e. The van der Waals surface area contributed by atoms with Crippen LogP contribution in [0.15, 0.2) is 24.3 Å². The lowest BCUT2D eigenvalue weighted by atomic mass is 10.1. The first kappa shape index (κ1) is 12.6. The third kappa shape index (κ3) is 2.62. The number of benzene rings is 1. The second-order valence-electron chi connectivity index (χ2n) is 4.92. The van der Waals surface area contributed by atoms with Gasteiger partial charge in [-0.05, 0) is 12.1 Å². The Labute approximate surface area is 115 Å². The Morgan fingerprint density at radius 3 is 3.00 bits per heavy atom. The first-order valence-electron chi connectivity index (χ1n) is 6.49. The van der Waals surface area contributed by atoms with E-state index in [1.807, 2.05) is 23.1 Å². The van der Waals surface area contributed by atoms with Gasteiger partial charge in [0.05, 0.1) is 15.2 Å². The van der Waals surface area contributed by atoms with Crippen molar-refractivity contribution in [1.29, 1.82) is 0 Å². The number of hydrogen-bond donors (Lipinski definition) is 1. The van der Waals surface area contributed by atoms with Gasteiger partial charge in [-0.25, -0.2) is 4.98 Å². The van der Waals surface area contributed by atoms with Crippen LogP contribution in [0.4, 0.5) is 0 Å². The third-order valence-corrected chi connectivity index (χ3v) is 4.58. The number of hydrogen-bond acceptors (Lipinski definition) is 4. The summed E-state index contributed by atoms with van der Waals surface area (Å²) >= 11 is 1.69. The molecule has 1 N–H and O–H groups in total. The highest BCUT2D eigenvalue weighted by atomic mass is 32.1. The largest absolute Gasteiger partial charge is 0.396 e. The van der Waals surface area contributed by atoms with Crippen molar-refractivity contribution in [2.75, 3.05) is 19.7 Å². The summed E-state index contributed by atoms with van der Waals surface area (Å²) in [6.45, 7) is 1.48. The van der Waals surface area contributed by atoms with E-state index in [0.29, 0.717) is 19.5 Å². The molecule has 1 aromatic heterocycles. The summed E-state index contributed by atoms with van der Waals surface area (Å²) in [7, 11) is 0. The molecule has 2 heterocycles. The van der Waals surface area contributed by atoms with Gasteiger partial charge >= 0.3 is 0 Å². The van der Waals surface area contributed by atoms with Gasteiger partial charge in [0, 0.05) is 38.5 Å². The number of likely N-dealkylation sites (tertiary alicyclic amines) is 1. The van der Waals surface area contributed by atoms with Gasteiger partial charge in [0.15, 0.2) is 0 Å². The third-order valence-electron chi connectivity index (χ3n) is 3.49. The van der Waals surface area contributed by atoms with Crippen LogP contribution in [0.5, 0.6) is 0 Å².